The molecule has 0 aliphatic heterocycles. The normalized spacial score (nSPS) is 10.9. The Hall–Kier alpha value is -0.0000000000000000763. The van der Waals surface area contributed by atoms with Crippen molar-refractivity contribution in [2.45, 2.75) is 26.1 Å². The molecule has 0 fully saturated rings. The molecule has 1 aromatic heterocycles. The van der Waals surface area contributed by atoms with Gasteiger partial charge in [-0.3, -0.25) is 4.68 Å². The van der Waals surface area contributed by atoms with E-state index >= 15 is 0 Å². The maximum absolute atomic E-state index is 8.69. The Morgan fingerprint density at radius 1 is 1.57 bits per heavy atom. The fourth-order valence-corrected chi connectivity index (χ4v) is 2.61. The van der Waals surface area contributed by atoms with Crippen LogP contribution in [0, 0.1) is 6.92 Å². The van der Waals surface area contributed by atoms with Crippen LogP contribution in [0.5, 0.6) is 0 Å². The van der Waals surface area contributed by atoms with E-state index in [1.165, 1.54) is 5.69 Å². The molecule has 0 unspecified atom stereocenters. The zero-order valence-corrected chi connectivity index (χ0v) is 10.9. The first-order valence-corrected chi connectivity index (χ1v) is 6.55. The predicted octanol–water partition coefficient (Wildman–Crippen LogP) is 2.20. The maximum atomic E-state index is 8.69. The lowest BCUT2D eigenvalue weighted by Crippen LogP contribution is -2.02. The summed E-state index contributed by atoms with van der Waals surface area (Å²) in [7, 11) is 0. The van der Waals surface area contributed by atoms with Crippen LogP contribution >= 0.6 is 27.7 Å². The summed E-state index contributed by atoms with van der Waals surface area (Å²) in [6.45, 7) is 5.21. The lowest BCUT2D eigenvalue weighted by atomic mass is 10.4. The Labute approximate surface area is 97.0 Å². The fourth-order valence-electron chi connectivity index (χ4n) is 1.24. The van der Waals surface area contributed by atoms with Gasteiger partial charge in [0.05, 0.1) is 22.5 Å². The average molecular weight is 279 g/mol. The summed E-state index contributed by atoms with van der Waals surface area (Å²) in [5, 5.41) is 13.1. The largest absolute Gasteiger partial charge is 0.396 e. The van der Waals surface area contributed by atoms with Crippen molar-refractivity contribution < 1.29 is 5.11 Å². The quantitative estimate of drug-likeness (QED) is 0.840. The fraction of sp³-hybridized carbons (Fsp3) is 0.667. The van der Waals surface area contributed by atoms with Gasteiger partial charge in [0.15, 0.2) is 0 Å². The Balaban J connectivity index is 2.72. The van der Waals surface area contributed by atoms with E-state index in [-0.39, 0.29) is 6.61 Å². The molecule has 1 rings (SSSR count). The molecule has 3 nitrogen and oxygen atoms in total. The lowest BCUT2D eigenvalue weighted by Gasteiger charge is -2.04. The summed E-state index contributed by atoms with van der Waals surface area (Å²) in [4.78, 5) is 0. The molecule has 14 heavy (non-hydrogen) atoms. The van der Waals surface area contributed by atoms with Crippen LogP contribution in [0.1, 0.15) is 18.3 Å². The van der Waals surface area contributed by atoms with Gasteiger partial charge in [-0.05, 0) is 29.8 Å². The van der Waals surface area contributed by atoms with E-state index in [2.05, 4.69) is 28.0 Å². The molecular formula is C9H15BrN2OS. The molecule has 0 saturated heterocycles. The molecule has 0 amide bonds. The molecule has 5 heteroatoms. The van der Waals surface area contributed by atoms with Gasteiger partial charge in [-0.1, -0.05) is 0 Å². The lowest BCUT2D eigenvalue weighted by molar-refractivity contribution is 0.322. The Kier molecular flexibility index (Phi) is 4.98. The van der Waals surface area contributed by atoms with E-state index in [0.717, 1.165) is 28.2 Å². The summed E-state index contributed by atoms with van der Waals surface area (Å²) in [6.07, 6.45) is 0. The average Bonchev–Trinajstić information content (AvgIpc) is 2.45. The third-order valence-corrected chi connectivity index (χ3v) is 3.91. The number of hydrogen-bond donors (Lipinski definition) is 1. The minimum absolute atomic E-state index is 0.238. The van der Waals surface area contributed by atoms with E-state index in [4.69, 9.17) is 5.11 Å². The highest BCUT2D eigenvalue weighted by Crippen LogP contribution is 2.24. The zero-order chi connectivity index (χ0) is 10.6. The number of aliphatic hydroxyl groups is 1. The van der Waals surface area contributed by atoms with Crippen LogP contribution < -0.4 is 0 Å². The van der Waals surface area contributed by atoms with Gasteiger partial charge in [0.1, 0.15) is 0 Å². The maximum Gasteiger partial charge on any atom is 0.0739 e. The molecule has 1 aromatic rings. The minimum atomic E-state index is 0.238. The molecule has 0 aliphatic carbocycles. The molecule has 0 bridgehead atoms. The predicted molar refractivity (Wildman–Crippen MR) is 63.6 cm³/mol. The molecule has 0 aliphatic rings. The summed E-state index contributed by atoms with van der Waals surface area (Å²) in [5.74, 6) is 1.68. The number of aromatic nitrogens is 2. The monoisotopic (exact) mass is 278 g/mol. The van der Waals surface area contributed by atoms with Crippen LogP contribution in [0.25, 0.3) is 0 Å². The molecule has 1 heterocycles. The SMILES string of the molecule is CCn1nc(C)c(Br)c1CSCCO. The van der Waals surface area contributed by atoms with E-state index in [1.54, 1.807) is 11.8 Å². The number of rotatable bonds is 5. The van der Waals surface area contributed by atoms with E-state index in [9.17, 15) is 0 Å². The van der Waals surface area contributed by atoms with Crippen LogP contribution in [0.3, 0.4) is 0 Å². The van der Waals surface area contributed by atoms with Gasteiger partial charge in [-0.15, -0.1) is 0 Å². The first-order valence-electron chi connectivity index (χ1n) is 4.61. The van der Waals surface area contributed by atoms with Crippen molar-refractivity contribution in [3.63, 3.8) is 0 Å². The molecule has 0 saturated carbocycles. The van der Waals surface area contributed by atoms with E-state index in [0.29, 0.717) is 0 Å². The highest BCUT2D eigenvalue weighted by Gasteiger charge is 2.11. The van der Waals surface area contributed by atoms with Crippen LogP contribution in [0.4, 0.5) is 0 Å². The van der Waals surface area contributed by atoms with Crippen molar-refractivity contribution in [2.75, 3.05) is 12.4 Å². The van der Waals surface area contributed by atoms with Crippen molar-refractivity contribution >= 4 is 27.7 Å². The van der Waals surface area contributed by atoms with Gasteiger partial charge in [0.2, 0.25) is 0 Å². The smallest absolute Gasteiger partial charge is 0.0739 e. The van der Waals surface area contributed by atoms with Gasteiger partial charge in [-0.25, -0.2) is 0 Å². The topological polar surface area (TPSA) is 38.0 Å². The van der Waals surface area contributed by atoms with Crippen LogP contribution in [0.2, 0.25) is 0 Å². The number of hydrogen-bond acceptors (Lipinski definition) is 3. The van der Waals surface area contributed by atoms with E-state index < -0.39 is 0 Å². The molecule has 1 N–H and O–H groups in total. The van der Waals surface area contributed by atoms with Crippen molar-refractivity contribution in [2.24, 2.45) is 0 Å². The molecule has 0 atom stereocenters. The van der Waals surface area contributed by atoms with Gasteiger partial charge < -0.3 is 5.11 Å². The second kappa shape index (κ2) is 5.78. The third-order valence-electron chi connectivity index (χ3n) is 1.93. The Bertz CT molecular complexity index is 301. The number of aryl methyl sites for hydroxylation is 2. The summed E-state index contributed by atoms with van der Waals surface area (Å²) in [6, 6.07) is 0. The highest BCUT2D eigenvalue weighted by atomic mass is 79.9. The first-order chi connectivity index (χ1) is 6.70. The molecule has 0 spiro atoms. The van der Waals surface area contributed by atoms with Gasteiger partial charge in [-0.2, -0.15) is 16.9 Å². The highest BCUT2D eigenvalue weighted by molar-refractivity contribution is 9.10. The number of nitrogens with zero attached hydrogens (tertiary/aromatic N) is 2. The van der Waals surface area contributed by atoms with Crippen LogP contribution in [-0.4, -0.2) is 27.2 Å². The third kappa shape index (κ3) is 2.74. The van der Waals surface area contributed by atoms with Crippen LogP contribution in [-0.2, 0) is 12.3 Å². The molecule has 0 aromatic carbocycles. The summed E-state index contributed by atoms with van der Waals surface area (Å²) < 4.78 is 3.11. The summed E-state index contributed by atoms with van der Waals surface area (Å²) in [5.41, 5.74) is 2.25. The van der Waals surface area contributed by atoms with Crippen molar-refractivity contribution in [3.8, 4) is 0 Å². The number of aliphatic hydroxyl groups excluding tert-OH is 1. The van der Waals surface area contributed by atoms with Crippen LogP contribution in [0.15, 0.2) is 4.47 Å². The molecule has 80 valence electrons. The number of thioether (sulfide) groups is 1. The van der Waals surface area contributed by atoms with Gasteiger partial charge in [0.25, 0.3) is 0 Å². The second-order valence-corrected chi connectivity index (χ2v) is 4.84. The second-order valence-electron chi connectivity index (χ2n) is 2.94. The van der Waals surface area contributed by atoms with Gasteiger partial charge in [0, 0.05) is 18.1 Å². The Morgan fingerprint density at radius 2 is 2.29 bits per heavy atom. The minimum Gasteiger partial charge on any atom is -0.396 e. The van der Waals surface area contributed by atoms with Crippen molar-refractivity contribution in [3.05, 3.63) is 15.9 Å². The Morgan fingerprint density at radius 3 is 2.86 bits per heavy atom. The van der Waals surface area contributed by atoms with Crippen molar-refractivity contribution in [1.82, 2.24) is 9.78 Å². The molecule has 0 radical (unpaired) electrons. The zero-order valence-electron chi connectivity index (χ0n) is 8.46. The summed E-state index contributed by atoms with van der Waals surface area (Å²) >= 11 is 5.26. The molecular weight excluding hydrogens is 264 g/mol. The van der Waals surface area contributed by atoms with E-state index in [1.807, 2.05) is 11.6 Å². The first kappa shape index (κ1) is 12.1. The number of halogens is 1. The standard InChI is InChI=1S/C9H15BrN2OS/c1-3-12-8(6-14-5-4-13)9(10)7(2)11-12/h13H,3-6H2,1-2H3. The van der Waals surface area contributed by atoms with Crippen molar-refractivity contribution in [1.29, 1.82) is 0 Å². The van der Waals surface area contributed by atoms with Gasteiger partial charge >= 0.3 is 0 Å².